The van der Waals surface area contributed by atoms with E-state index in [1.54, 1.807) is 29.2 Å². The van der Waals surface area contributed by atoms with Crippen LogP contribution in [0.3, 0.4) is 0 Å². The zero-order valence-corrected chi connectivity index (χ0v) is 13.0. The summed E-state index contributed by atoms with van der Waals surface area (Å²) in [7, 11) is -3.17. The second-order valence-corrected chi connectivity index (χ2v) is 7.22. The molecule has 2 rings (SSSR count). The van der Waals surface area contributed by atoms with E-state index in [0.29, 0.717) is 43.9 Å². The molecule has 1 aliphatic rings. The molecule has 1 fully saturated rings. The van der Waals surface area contributed by atoms with Crippen LogP contribution in [0.4, 0.5) is 5.69 Å². The van der Waals surface area contributed by atoms with Crippen LogP contribution in [0.1, 0.15) is 23.7 Å². The van der Waals surface area contributed by atoms with Crippen molar-refractivity contribution in [2.24, 2.45) is 0 Å². The molecule has 0 aliphatic carbocycles. The van der Waals surface area contributed by atoms with Crippen molar-refractivity contribution in [1.29, 1.82) is 0 Å². The van der Waals surface area contributed by atoms with Gasteiger partial charge in [-0.05, 0) is 30.7 Å². The maximum atomic E-state index is 12.3. The average Bonchev–Trinajstić information content (AvgIpc) is 2.47. The Morgan fingerprint density at radius 3 is 2.24 bits per heavy atom. The number of nitrogens with zero attached hydrogens (tertiary/aromatic N) is 2. The summed E-state index contributed by atoms with van der Waals surface area (Å²) in [6.45, 7) is 3.42. The van der Waals surface area contributed by atoms with E-state index in [4.69, 9.17) is 5.73 Å². The quantitative estimate of drug-likeness (QED) is 0.832. The number of hydrogen-bond donors (Lipinski definition) is 1. The number of carbonyl (C=O) groups is 1. The Kier molecular flexibility index (Phi) is 4.84. The minimum atomic E-state index is -3.17. The number of amides is 1. The van der Waals surface area contributed by atoms with Gasteiger partial charge in [0.05, 0.1) is 5.75 Å². The summed E-state index contributed by atoms with van der Waals surface area (Å²) in [6, 6.07) is 6.76. The highest BCUT2D eigenvalue weighted by Crippen LogP contribution is 2.13. The Hall–Kier alpha value is -1.60. The molecule has 1 saturated heterocycles. The van der Waals surface area contributed by atoms with Gasteiger partial charge in [-0.15, -0.1) is 0 Å². The summed E-state index contributed by atoms with van der Waals surface area (Å²) >= 11 is 0. The van der Waals surface area contributed by atoms with Gasteiger partial charge >= 0.3 is 0 Å². The molecule has 0 unspecified atom stereocenters. The van der Waals surface area contributed by atoms with Crippen LogP contribution in [0.2, 0.25) is 0 Å². The summed E-state index contributed by atoms with van der Waals surface area (Å²) in [4.78, 5) is 14.0. The molecule has 21 heavy (non-hydrogen) atoms. The smallest absolute Gasteiger partial charge is 0.253 e. The van der Waals surface area contributed by atoms with Crippen molar-refractivity contribution in [1.82, 2.24) is 9.21 Å². The summed E-state index contributed by atoms with van der Waals surface area (Å²) in [5.74, 6) is 0.0846. The molecule has 0 bridgehead atoms. The van der Waals surface area contributed by atoms with Crippen molar-refractivity contribution in [2.45, 2.75) is 13.3 Å². The Morgan fingerprint density at radius 2 is 1.71 bits per heavy atom. The van der Waals surface area contributed by atoms with Gasteiger partial charge in [-0.2, -0.15) is 4.31 Å². The lowest BCUT2D eigenvalue weighted by Crippen LogP contribution is -2.51. The molecule has 1 aromatic carbocycles. The summed E-state index contributed by atoms with van der Waals surface area (Å²) < 4.78 is 25.4. The molecular formula is C14H21N3O3S. The third kappa shape index (κ3) is 3.74. The van der Waals surface area contributed by atoms with Crippen molar-refractivity contribution >= 4 is 21.6 Å². The molecule has 6 nitrogen and oxygen atoms in total. The molecule has 0 atom stereocenters. The molecule has 0 spiro atoms. The molecule has 1 heterocycles. The van der Waals surface area contributed by atoms with Gasteiger partial charge in [-0.3, -0.25) is 4.79 Å². The van der Waals surface area contributed by atoms with Crippen LogP contribution in [0.5, 0.6) is 0 Å². The van der Waals surface area contributed by atoms with Crippen molar-refractivity contribution in [3.8, 4) is 0 Å². The largest absolute Gasteiger partial charge is 0.399 e. The van der Waals surface area contributed by atoms with Crippen molar-refractivity contribution < 1.29 is 13.2 Å². The molecule has 7 heteroatoms. The fourth-order valence-corrected chi connectivity index (χ4v) is 3.86. The number of carbonyl (C=O) groups excluding carboxylic acids is 1. The monoisotopic (exact) mass is 311 g/mol. The number of nitrogen functional groups attached to an aromatic ring is 1. The first-order valence-electron chi connectivity index (χ1n) is 7.06. The molecule has 1 aliphatic heterocycles. The first-order valence-corrected chi connectivity index (χ1v) is 8.67. The summed E-state index contributed by atoms with van der Waals surface area (Å²) in [6.07, 6.45) is 0.604. The highest BCUT2D eigenvalue weighted by molar-refractivity contribution is 7.89. The SMILES string of the molecule is CCCS(=O)(=O)N1CCN(C(=O)c2ccc(N)cc2)CC1. The normalized spacial score (nSPS) is 16.9. The fraction of sp³-hybridized carbons (Fsp3) is 0.500. The Morgan fingerprint density at radius 1 is 1.14 bits per heavy atom. The van der Waals surface area contributed by atoms with Gasteiger partial charge in [0.2, 0.25) is 10.0 Å². The van der Waals surface area contributed by atoms with Gasteiger partial charge in [0, 0.05) is 37.4 Å². The fourth-order valence-electron chi connectivity index (χ4n) is 2.36. The number of rotatable bonds is 4. The van der Waals surface area contributed by atoms with Crippen molar-refractivity contribution in [2.75, 3.05) is 37.7 Å². The van der Waals surface area contributed by atoms with Crippen molar-refractivity contribution in [3.05, 3.63) is 29.8 Å². The van der Waals surface area contributed by atoms with E-state index < -0.39 is 10.0 Å². The number of sulfonamides is 1. The van der Waals surface area contributed by atoms with E-state index in [0.717, 1.165) is 0 Å². The van der Waals surface area contributed by atoms with E-state index in [2.05, 4.69) is 0 Å². The maximum absolute atomic E-state index is 12.3. The second-order valence-electron chi connectivity index (χ2n) is 5.13. The molecule has 0 saturated carbocycles. The number of piperazine rings is 1. The van der Waals surface area contributed by atoms with Crippen LogP contribution >= 0.6 is 0 Å². The molecule has 2 N–H and O–H groups in total. The zero-order valence-electron chi connectivity index (χ0n) is 12.2. The second kappa shape index (κ2) is 6.44. The highest BCUT2D eigenvalue weighted by Gasteiger charge is 2.28. The van der Waals surface area contributed by atoms with Gasteiger partial charge in [-0.1, -0.05) is 6.92 Å². The topological polar surface area (TPSA) is 83.7 Å². The first-order chi connectivity index (χ1) is 9.94. The molecule has 1 amide bonds. The molecule has 0 aromatic heterocycles. The lowest BCUT2D eigenvalue weighted by Gasteiger charge is -2.34. The number of nitrogens with two attached hydrogens (primary N) is 1. The van der Waals surface area contributed by atoms with E-state index in [1.807, 2.05) is 6.92 Å². The minimum absolute atomic E-state index is 0.0810. The van der Waals surface area contributed by atoms with Gasteiger partial charge in [0.1, 0.15) is 0 Å². The summed E-state index contributed by atoms with van der Waals surface area (Å²) in [5.41, 5.74) is 6.79. The van der Waals surface area contributed by atoms with Crippen molar-refractivity contribution in [3.63, 3.8) is 0 Å². The van der Waals surface area contributed by atoms with E-state index in [1.165, 1.54) is 4.31 Å². The molecule has 1 aromatic rings. The minimum Gasteiger partial charge on any atom is -0.399 e. The van der Waals surface area contributed by atoms with Crippen LogP contribution in [-0.4, -0.2) is 55.5 Å². The first kappa shape index (κ1) is 15.8. The van der Waals surface area contributed by atoms with Gasteiger partial charge in [0.25, 0.3) is 5.91 Å². The van der Waals surface area contributed by atoms with Crippen LogP contribution < -0.4 is 5.73 Å². The average molecular weight is 311 g/mol. The van der Waals surface area contributed by atoms with Gasteiger partial charge in [-0.25, -0.2) is 8.42 Å². The predicted molar refractivity (Wildman–Crippen MR) is 82.4 cm³/mol. The van der Waals surface area contributed by atoms with Gasteiger partial charge < -0.3 is 10.6 Å². The lowest BCUT2D eigenvalue weighted by atomic mass is 10.1. The third-order valence-corrected chi connectivity index (χ3v) is 5.62. The molecule has 0 radical (unpaired) electrons. The molecular weight excluding hydrogens is 290 g/mol. The number of benzene rings is 1. The standard InChI is InChI=1S/C14H21N3O3S/c1-2-11-21(19,20)17-9-7-16(8-10-17)14(18)12-3-5-13(15)6-4-12/h3-6H,2,7-11,15H2,1H3. The third-order valence-electron chi connectivity index (χ3n) is 3.54. The predicted octanol–water partition coefficient (Wildman–Crippen LogP) is 0.766. The van der Waals surface area contributed by atoms with Crippen LogP contribution in [0.15, 0.2) is 24.3 Å². The Balaban J connectivity index is 1.98. The maximum Gasteiger partial charge on any atom is 0.253 e. The Labute approximate surface area is 125 Å². The highest BCUT2D eigenvalue weighted by atomic mass is 32.2. The number of hydrogen-bond acceptors (Lipinski definition) is 4. The lowest BCUT2D eigenvalue weighted by molar-refractivity contribution is 0.0698. The molecule has 116 valence electrons. The van der Waals surface area contributed by atoms with Crippen LogP contribution in [0.25, 0.3) is 0 Å². The number of anilines is 1. The van der Waals surface area contributed by atoms with Gasteiger partial charge in [0.15, 0.2) is 0 Å². The van der Waals surface area contributed by atoms with Crippen LogP contribution in [-0.2, 0) is 10.0 Å². The zero-order chi connectivity index (χ0) is 15.5. The van der Waals surface area contributed by atoms with Crippen LogP contribution in [0, 0.1) is 0 Å². The van der Waals surface area contributed by atoms with E-state index in [-0.39, 0.29) is 11.7 Å². The Bertz CT molecular complexity index is 590. The van der Waals surface area contributed by atoms with E-state index in [9.17, 15) is 13.2 Å². The van der Waals surface area contributed by atoms with E-state index >= 15 is 0 Å². The summed E-state index contributed by atoms with van der Waals surface area (Å²) in [5, 5.41) is 0.